The minimum absolute atomic E-state index is 0.218. The van der Waals surface area contributed by atoms with Crippen LogP contribution >= 0.6 is 23.4 Å². The molecule has 4 heteroatoms. The zero-order valence-corrected chi connectivity index (χ0v) is 10.7. The van der Waals surface area contributed by atoms with Crippen LogP contribution in [0.5, 0.6) is 0 Å². The van der Waals surface area contributed by atoms with Crippen molar-refractivity contribution in [3.63, 3.8) is 0 Å². The maximum atomic E-state index is 8.78. The van der Waals surface area contributed by atoms with E-state index in [1.54, 1.807) is 23.9 Å². The van der Waals surface area contributed by atoms with Crippen LogP contribution in [0.15, 0.2) is 18.2 Å². The first-order valence-electron chi connectivity index (χ1n) is 5.08. The first kappa shape index (κ1) is 13.4. The Kier molecular flexibility index (Phi) is 5.68. The molecule has 0 aliphatic heterocycles. The average molecular weight is 256 g/mol. The summed E-state index contributed by atoms with van der Waals surface area (Å²) < 4.78 is 0. The molecule has 1 N–H and O–H groups in total. The highest BCUT2D eigenvalue weighted by Gasteiger charge is 2.06. The van der Waals surface area contributed by atoms with Crippen molar-refractivity contribution in [2.24, 2.45) is 0 Å². The number of nitrogens with zero attached hydrogens (tertiary/aromatic N) is 1. The molecule has 0 saturated heterocycles. The Labute approximate surface area is 105 Å². The van der Waals surface area contributed by atoms with Crippen molar-refractivity contribution >= 4 is 23.4 Å². The topological polar surface area (TPSA) is 44.0 Å². The maximum absolute atomic E-state index is 8.78. The fourth-order valence-electron chi connectivity index (χ4n) is 1.23. The summed E-state index contributed by atoms with van der Waals surface area (Å²) in [6.45, 7) is 2.30. The Morgan fingerprint density at radius 3 is 2.88 bits per heavy atom. The van der Waals surface area contributed by atoms with Gasteiger partial charge in [-0.15, -0.1) is 0 Å². The van der Waals surface area contributed by atoms with E-state index in [1.807, 2.05) is 6.07 Å². The third-order valence-electron chi connectivity index (χ3n) is 2.24. The third-order valence-corrected chi connectivity index (χ3v) is 3.88. The van der Waals surface area contributed by atoms with Gasteiger partial charge in [0.25, 0.3) is 0 Å². The molecular weight excluding hydrogens is 242 g/mol. The molecule has 1 rings (SSSR count). The van der Waals surface area contributed by atoms with Crippen molar-refractivity contribution in [3.05, 3.63) is 34.3 Å². The van der Waals surface area contributed by atoms with Crippen molar-refractivity contribution < 1.29 is 5.11 Å². The molecule has 0 aromatic heterocycles. The minimum Gasteiger partial charge on any atom is -0.396 e. The van der Waals surface area contributed by atoms with Crippen molar-refractivity contribution in [3.8, 4) is 6.07 Å². The lowest BCUT2D eigenvalue weighted by molar-refractivity contribution is 0.289. The van der Waals surface area contributed by atoms with E-state index in [2.05, 4.69) is 13.0 Å². The number of aliphatic hydroxyl groups excluding tert-OH is 1. The normalized spacial score (nSPS) is 12.1. The van der Waals surface area contributed by atoms with Gasteiger partial charge in [-0.05, 0) is 24.1 Å². The number of halogens is 1. The second-order valence-corrected chi connectivity index (χ2v) is 5.39. The molecule has 1 aromatic carbocycles. The van der Waals surface area contributed by atoms with E-state index in [9.17, 15) is 0 Å². The minimum atomic E-state index is 0.218. The van der Waals surface area contributed by atoms with Gasteiger partial charge in [-0.2, -0.15) is 17.0 Å². The number of nitriles is 1. The molecule has 0 aliphatic rings. The van der Waals surface area contributed by atoms with Crippen LogP contribution < -0.4 is 0 Å². The Morgan fingerprint density at radius 1 is 1.56 bits per heavy atom. The van der Waals surface area contributed by atoms with Gasteiger partial charge in [-0.3, -0.25) is 0 Å². The maximum Gasteiger partial charge on any atom is 0.0992 e. The average Bonchev–Trinajstić information content (AvgIpc) is 2.27. The van der Waals surface area contributed by atoms with Gasteiger partial charge in [0.05, 0.1) is 11.6 Å². The Hall–Kier alpha value is -0.690. The molecule has 0 radical (unpaired) electrons. The Balaban J connectivity index is 2.58. The van der Waals surface area contributed by atoms with Gasteiger partial charge < -0.3 is 5.11 Å². The molecule has 0 heterocycles. The van der Waals surface area contributed by atoms with E-state index < -0.39 is 0 Å². The molecule has 2 nitrogen and oxygen atoms in total. The number of hydrogen-bond donors (Lipinski definition) is 1. The molecule has 16 heavy (non-hydrogen) atoms. The van der Waals surface area contributed by atoms with E-state index >= 15 is 0 Å². The summed E-state index contributed by atoms with van der Waals surface area (Å²) in [5, 5.41) is 18.5. The molecule has 1 unspecified atom stereocenters. The monoisotopic (exact) mass is 255 g/mol. The predicted molar refractivity (Wildman–Crippen MR) is 68.6 cm³/mol. The molecule has 0 aliphatic carbocycles. The second-order valence-electron chi connectivity index (χ2n) is 3.55. The molecule has 0 spiro atoms. The molecule has 86 valence electrons. The highest BCUT2D eigenvalue weighted by atomic mass is 35.5. The van der Waals surface area contributed by atoms with E-state index in [-0.39, 0.29) is 6.61 Å². The number of hydrogen-bond acceptors (Lipinski definition) is 3. The molecule has 0 saturated carbocycles. The first-order valence-corrected chi connectivity index (χ1v) is 6.51. The molecule has 0 fully saturated rings. The zero-order chi connectivity index (χ0) is 12.0. The summed E-state index contributed by atoms with van der Waals surface area (Å²) in [6, 6.07) is 7.41. The van der Waals surface area contributed by atoms with Gasteiger partial charge in [0, 0.05) is 22.6 Å². The van der Waals surface area contributed by atoms with Gasteiger partial charge in [-0.1, -0.05) is 24.6 Å². The Morgan fingerprint density at radius 2 is 2.31 bits per heavy atom. The highest BCUT2D eigenvalue weighted by molar-refractivity contribution is 7.99. The van der Waals surface area contributed by atoms with Crippen molar-refractivity contribution in [2.75, 3.05) is 6.61 Å². The molecule has 0 bridgehead atoms. The molecule has 0 amide bonds. The highest BCUT2D eigenvalue weighted by Crippen LogP contribution is 2.25. The molecular formula is C12H14ClNOS. The van der Waals surface area contributed by atoms with E-state index in [1.165, 1.54) is 0 Å². The lowest BCUT2D eigenvalue weighted by Gasteiger charge is -2.10. The van der Waals surface area contributed by atoms with Crippen LogP contribution in [-0.4, -0.2) is 17.0 Å². The Bertz CT molecular complexity index is 389. The van der Waals surface area contributed by atoms with Gasteiger partial charge in [0.2, 0.25) is 0 Å². The lowest BCUT2D eigenvalue weighted by atomic mass is 10.2. The summed E-state index contributed by atoms with van der Waals surface area (Å²) >= 11 is 7.81. The van der Waals surface area contributed by atoms with E-state index in [0.717, 1.165) is 17.7 Å². The van der Waals surface area contributed by atoms with Gasteiger partial charge in [-0.25, -0.2) is 0 Å². The van der Waals surface area contributed by atoms with Gasteiger partial charge in [0.15, 0.2) is 0 Å². The number of rotatable bonds is 5. The smallest absolute Gasteiger partial charge is 0.0992 e. The standard InChI is InChI=1S/C12H14ClNOS/c1-9(4-5-15)16-8-11-3-2-10(7-14)6-12(11)13/h2-3,6,9,15H,4-5,8H2,1H3. The van der Waals surface area contributed by atoms with Crippen LogP contribution in [0.1, 0.15) is 24.5 Å². The SMILES string of the molecule is CC(CCO)SCc1ccc(C#N)cc1Cl. The second kappa shape index (κ2) is 6.80. The summed E-state index contributed by atoms with van der Waals surface area (Å²) in [5.41, 5.74) is 1.62. The van der Waals surface area contributed by atoms with Gasteiger partial charge >= 0.3 is 0 Å². The summed E-state index contributed by atoms with van der Waals surface area (Å²) in [4.78, 5) is 0. The fourth-order valence-corrected chi connectivity index (χ4v) is 2.55. The van der Waals surface area contributed by atoms with E-state index in [0.29, 0.717) is 15.8 Å². The van der Waals surface area contributed by atoms with Crippen molar-refractivity contribution in [1.29, 1.82) is 5.26 Å². The van der Waals surface area contributed by atoms with E-state index in [4.69, 9.17) is 22.0 Å². The number of aliphatic hydroxyl groups is 1. The lowest BCUT2D eigenvalue weighted by Crippen LogP contribution is -2.00. The van der Waals surface area contributed by atoms with Crippen LogP contribution in [0, 0.1) is 11.3 Å². The van der Waals surface area contributed by atoms with Crippen LogP contribution in [0.25, 0.3) is 0 Å². The van der Waals surface area contributed by atoms with Crippen LogP contribution in [0.2, 0.25) is 5.02 Å². The largest absolute Gasteiger partial charge is 0.396 e. The van der Waals surface area contributed by atoms with Crippen LogP contribution in [-0.2, 0) is 5.75 Å². The quantitative estimate of drug-likeness (QED) is 0.879. The van der Waals surface area contributed by atoms with Crippen LogP contribution in [0.3, 0.4) is 0 Å². The predicted octanol–water partition coefficient (Wildman–Crippen LogP) is 3.22. The van der Waals surface area contributed by atoms with Crippen molar-refractivity contribution in [2.45, 2.75) is 24.3 Å². The number of benzene rings is 1. The zero-order valence-electron chi connectivity index (χ0n) is 9.11. The third kappa shape index (κ3) is 4.05. The number of thioether (sulfide) groups is 1. The van der Waals surface area contributed by atoms with Crippen LogP contribution in [0.4, 0.5) is 0 Å². The molecule has 1 aromatic rings. The van der Waals surface area contributed by atoms with Gasteiger partial charge in [0.1, 0.15) is 0 Å². The summed E-state index contributed by atoms with van der Waals surface area (Å²) in [6.07, 6.45) is 0.790. The fraction of sp³-hybridized carbons (Fsp3) is 0.417. The summed E-state index contributed by atoms with van der Waals surface area (Å²) in [5.74, 6) is 0.811. The molecule has 1 atom stereocenters. The van der Waals surface area contributed by atoms with Crippen molar-refractivity contribution in [1.82, 2.24) is 0 Å². The first-order chi connectivity index (χ1) is 7.67. The summed E-state index contributed by atoms with van der Waals surface area (Å²) in [7, 11) is 0.